The fourth-order valence-electron chi connectivity index (χ4n) is 3.86. The van der Waals surface area contributed by atoms with Crippen LogP contribution in [0.1, 0.15) is 31.2 Å². The number of benzene rings is 1. The summed E-state index contributed by atoms with van der Waals surface area (Å²) in [6.07, 6.45) is 3.24. The number of allylic oxidation sites excluding steroid dienone is 3. The van der Waals surface area contributed by atoms with Gasteiger partial charge in [0.2, 0.25) is 6.79 Å². The van der Waals surface area contributed by atoms with Crippen molar-refractivity contribution in [3.8, 4) is 11.5 Å². The van der Waals surface area contributed by atoms with Crippen molar-refractivity contribution >= 4 is 11.8 Å². The van der Waals surface area contributed by atoms with E-state index in [-0.39, 0.29) is 12.6 Å². The summed E-state index contributed by atoms with van der Waals surface area (Å²) in [6, 6.07) is 5.56. The first kappa shape index (κ1) is 15.7. The van der Waals surface area contributed by atoms with Gasteiger partial charge in [0.15, 0.2) is 11.5 Å². The Morgan fingerprint density at radius 1 is 1.24 bits per heavy atom. The molecule has 1 aromatic rings. The first-order valence-corrected chi connectivity index (χ1v) is 8.28. The normalized spacial score (nSPS) is 24.4. The van der Waals surface area contributed by atoms with Gasteiger partial charge in [0, 0.05) is 23.7 Å². The lowest BCUT2D eigenvalue weighted by Crippen LogP contribution is -2.40. The van der Waals surface area contributed by atoms with E-state index in [9.17, 15) is 9.59 Å². The lowest BCUT2D eigenvalue weighted by atomic mass is 9.71. The molecule has 0 bridgehead atoms. The number of Topliss-reactive ketones (excluding diaryl/α,β-unsaturated/α-hetero) is 1. The van der Waals surface area contributed by atoms with Crippen LogP contribution in [0.25, 0.3) is 0 Å². The molecular formula is C19H19NO5. The summed E-state index contributed by atoms with van der Waals surface area (Å²) in [5.41, 5.74) is 2.91. The second-order valence-corrected chi connectivity index (χ2v) is 6.39. The van der Waals surface area contributed by atoms with Crippen molar-refractivity contribution in [3.05, 3.63) is 46.8 Å². The number of hydrogen-bond acceptors (Lipinski definition) is 6. The predicted molar refractivity (Wildman–Crippen MR) is 89.0 cm³/mol. The monoisotopic (exact) mass is 341 g/mol. The van der Waals surface area contributed by atoms with Crippen molar-refractivity contribution in [2.75, 3.05) is 13.9 Å². The molecule has 1 aliphatic carbocycles. The number of rotatable bonds is 2. The molecule has 6 nitrogen and oxygen atoms in total. The summed E-state index contributed by atoms with van der Waals surface area (Å²) in [7, 11) is 1.35. The maximum atomic E-state index is 12.7. The van der Waals surface area contributed by atoms with Crippen LogP contribution in [0.4, 0.5) is 0 Å². The zero-order valence-electron chi connectivity index (χ0n) is 14.1. The van der Waals surface area contributed by atoms with E-state index < -0.39 is 17.8 Å². The van der Waals surface area contributed by atoms with Gasteiger partial charge in [0.05, 0.1) is 18.6 Å². The summed E-state index contributed by atoms with van der Waals surface area (Å²) in [4.78, 5) is 25.2. The quantitative estimate of drug-likeness (QED) is 0.833. The Balaban J connectivity index is 1.88. The Kier molecular flexibility index (Phi) is 3.75. The SMILES string of the molecule is COC(=O)C1=C(C)NC2=CCCC(=O)C2C1c1ccc2c(c1)OCO2. The summed E-state index contributed by atoms with van der Waals surface area (Å²) in [5, 5.41) is 3.23. The topological polar surface area (TPSA) is 73.9 Å². The van der Waals surface area contributed by atoms with E-state index in [1.165, 1.54) is 7.11 Å². The van der Waals surface area contributed by atoms with Crippen LogP contribution in [0.5, 0.6) is 11.5 Å². The molecule has 1 N–H and O–H groups in total. The number of nitrogens with one attached hydrogen (secondary N) is 1. The molecule has 0 fully saturated rings. The minimum atomic E-state index is -0.426. The van der Waals surface area contributed by atoms with Crippen LogP contribution in [0.15, 0.2) is 41.2 Å². The third-order valence-electron chi connectivity index (χ3n) is 4.98. The average Bonchev–Trinajstić information content (AvgIpc) is 3.07. The van der Waals surface area contributed by atoms with E-state index in [0.29, 0.717) is 35.6 Å². The Hall–Kier alpha value is -2.76. The summed E-state index contributed by atoms with van der Waals surface area (Å²) < 4.78 is 15.8. The van der Waals surface area contributed by atoms with Crippen LogP contribution in [0.3, 0.4) is 0 Å². The smallest absolute Gasteiger partial charge is 0.336 e. The summed E-state index contributed by atoms with van der Waals surface area (Å²) in [5.74, 6) is 0.191. The molecule has 6 heteroatoms. The minimum Gasteiger partial charge on any atom is -0.466 e. The number of carbonyl (C=O) groups excluding carboxylic acids is 2. The van der Waals surface area contributed by atoms with Gasteiger partial charge in [-0.15, -0.1) is 0 Å². The Labute approximate surface area is 145 Å². The maximum absolute atomic E-state index is 12.7. The minimum absolute atomic E-state index is 0.126. The molecule has 2 atom stereocenters. The largest absolute Gasteiger partial charge is 0.466 e. The number of methoxy groups -OCH3 is 1. The third kappa shape index (κ3) is 2.49. The van der Waals surface area contributed by atoms with Gasteiger partial charge in [0.25, 0.3) is 0 Å². The van der Waals surface area contributed by atoms with E-state index >= 15 is 0 Å². The lowest BCUT2D eigenvalue weighted by molar-refractivity contribution is -0.136. The van der Waals surface area contributed by atoms with Gasteiger partial charge in [-0.05, 0) is 31.0 Å². The molecule has 0 saturated heterocycles. The van der Waals surface area contributed by atoms with E-state index in [1.54, 1.807) is 0 Å². The Bertz CT molecular complexity index is 823. The van der Waals surface area contributed by atoms with Crippen LogP contribution in [0, 0.1) is 5.92 Å². The molecule has 130 valence electrons. The molecule has 2 unspecified atom stereocenters. The Morgan fingerprint density at radius 3 is 2.84 bits per heavy atom. The van der Waals surface area contributed by atoms with Gasteiger partial charge in [-0.3, -0.25) is 4.79 Å². The number of esters is 1. The number of fused-ring (bicyclic) bond motifs is 2. The molecule has 0 spiro atoms. The van der Waals surface area contributed by atoms with Crippen LogP contribution >= 0.6 is 0 Å². The molecule has 2 heterocycles. The summed E-state index contributed by atoms with van der Waals surface area (Å²) >= 11 is 0. The second kappa shape index (κ2) is 5.95. The van der Waals surface area contributed by atoms with Crippen molar-refractivity contribution in [3.63, 3.8) is 0 Å². The standard InChI is InChI=1S/C19H19NO5/c1-10-16(19(22)23-2)17(18-12(20-10)4-3-5-13(18)21)11-6-7-14-15(8-11)25-9-24-14/h4,6-8,17-18,20H,3,5,9H2,1-2H3. The number of ether oxygens (including phenoxy) is 3. The fourth-order valence-corrected chi connectivity index (χ4v) is 3.86. The highest BCUT2D eigenvalue weighted by Gasteiger charge is 2.43. The van der Waals surface area contributed by atoms with Gasteiger partial charge < -0.3 is 19.5 Å². The number of carbonyl (C=O) groups is 2. The Morgan fingerprint density at radius 2 is 2.04 bits per heavy atom. The van der Waals surface area contributed by atoms with Crippen molar-refractivity contribution in [1.29, 1.82) is 0 Å². The first-order valence-electron chi connectivity index (χ1n) is 8.28. The van der Waals surface area contributed by atoms with Gasteiger partial charge in [-0.25, -0.2) is 4.79 Å². The van der Waals surface area contributed by atoms with Crippen molar-refractivity contribution in [2.24, 2.45) is 5.92 Å². The molecular weight excluding hydrogens is 322 g/mol. The van der Waals surface area contributed by atoms with E-state index in [4.69, 9.17) is 14.2 Å². The molecule has 0 amide bonds. The average molecular weight is 341 g/mol. The number of ketones is 1. The van der Waals surface area contributed by atoms with Gasteiger partial charge >= 0.3 is 5.97 Å². The third-order valence-corrected chi connectivity index (χ3v) is 4.98. The van der Waals surface area contributed by atoms with Crippen molar-refractivity contribution in [1.82, 2.24) is 5.32 Å². The lowest BCUT2D eigenvalue weighted by Gasteiger charge is -2.37. The zero-order chi connectivity index (χ0) is 17.6. The number of hydrogen-bond donors (Lipinski definition) is 1. The predicted octanol–water partition coefficient (Wildman–Crippen LogP) is 2.41. The van der Waals surface area contributed by atoms with Crippen molar-refractivity contribution in [2.45, 2.75) is 25.7 Å². The maximum Gasteiger partial charge on any atom is 0.336 e. The summed E-state index contributed by atoms with van der Waals surface area (Å²) in [6.45, 7) is 2.01. The van der Waals surface area contributed by atoms with Gasteiger partial charge in [-0.2, -0.15) is 0 Å². The van der Waals surface area contributed by atoms with Crippen LogP contribution < -0.4 is 14.8 Å². The second-order valence-electron chi connectivity index (χ2n) is 6.39. The molecule has 0 saturated carbocycles. The van der Waals surface area contributed by atoms with E-state index in [2.05, 4.69) is 5.32 Å². The highest BCUT2D eigenvalue weighted by molar-refractivity contribution is 5.96. The van der Waals surface area contributed by atoms with Crippen LogP contribution in [0.2, 0.25) is 0 Å². The first-order chi connectivity index (χ1) is 12.1. The van der Waals surface area contributed by atoms with Gasteiger partial charge in [0.1, 0.15) is 5.78 Å². The molecule has 1 aromatic carbocycles. The molecule has 0 radical (unpaired) electrons. The zero-order valence-corrected chi connectivity index (χ0v) is 14.1. The highest BCUT2D eigenvalue weighted by atomic mass is 16.7. The van der Waals surface area contributed by atoms with Gasteiger partial charge in [-0.1, -0.05) is 12.1 Å². The van der Waals surface area contributed by atoms with Crippen LogP contribution in [-0.2, 0) is 14.3 Å². The molecule has 4 rings (SSSR count). The molecule has 0 aromatic heterocycles. The van der Waals surface area contributed by atoms with Crippen molar-refractivity contribution < 1.29 is 23.8 Å². The highest BCUT2D eigenvalue weighted by Crippen LogP contribution is 2.46. The molecule has 25 heavy (non-hydrogen) atoms. The molecule has 3 aliphatic rings. The van der Waals surface area contributed by atoms with E-state index in [0.717, 1.165) is 11.3 Å². The molecule has 2 aliphatic heterocycles. The van der Waals surface area contributed by atoms with E-state index in [1.807, 2.05) is 31.2 Å². The van der Waals surface area contributed by atoms with Crippen LogP contribution in [-0.4, -0.2) is 25.7 Å². The fraction of sp³-hybridized carbons (Fsp3) is 0.368.